The normalized spacial score (nSPS) is 10.1. The van der Waals surface area contributed by atoms with Crippen molar-refractivity contribution < 1.29 is 4.79 Å². The van der Waals surface area contributed by atoms with E-state index in [4.69, 9.17) is 0 Å². The van der Waals surface area contributed by atoms with E-state index in [1.54, 1.807) is 12.1 Å². The fourth-order valence-electron chi connectivity index (χ4n) is 1.32. The van der Waals surface area contributed by atoms with Crippen LogP contribution < -0.4 is 5.32 Å². The molecule has 1 aromatic rings. The van der Waals surface area contributed by atoms with Crippen LogP contribution >= 0.6 is 24.4 Å². The Balaban J connectivity index is 2.30. The van der Waals surface area contributed by atoms with Crippen LogP contribution in [0.15, 0.2) is 29.2 Å². The molecular weight excluding hydrogens is 238 g/mol. The average molecular weight is 255 g/mol. The van der Waals surface area contributed by atoms with E-state index in [9.17, 15) is 4.79 Å². The predicted octanol–water partition coefficient (Wildman–Crippen LogP) is 2.85. The van der Waals surface area contributed by atoms with Crippen molar-refractivity contribution in [3.05, 3.63) is 29.8 Å². The summed E-state index contributed by atoms with van der Waals surface area (Å²) in [6.07, 6.45) is 4.28. The Morgan fingerprint density at radius 1 is 1.44 bits per heavy atom. The van der Waals surface area contributed by atoms with E-state index in [1.165, 1.54) is 0 Å². The smallest absolute Gasteiger partial charge is 0.251 e. The third-order valence-corrected chi connectivity index (χ3v) is 3.14. The molecule has 1 aromatic carbocycles. The van der Waals surface area contributed by atoms with Crippen LogP contribution in [0.5, 0.6) is 0 Å². The maximum Gasteiger partial charge on any atom is 0.251 e. The Morgan fingerprint density at radius 3 is 2.94 bits per heavy atom. The van der Waals surface area contributed by atoms with Crippen LogP contribution in [0, 0.1) is 0 Å². The van der Waals surface area contributed by atoms with Gasteiger partial charge in [0, 0.05) is 17.0 Å². The molecule has 1 amide bonds. The fourth-order valence-corrected chi connectivity index (χ4v) is 2.04. The van der Waals surface area contributed by atoms with Crippen LogP contribution in [-0.2, 0) is 0 Å². The summed E-state index contributed by atoms with van der Waals surface area (Å²) < 4.78 is 0. The topological polar surface area (TPSA) is 29.1 Å². The Kier molecular flexibility index (Phi) is 6.42. The second-order valence-corrected chi connectivity index (χ2v) is 5.01. The molecule has 0 unspecified atom stereocenters. The zero-order valence-electron chi connectivity index (χ0n) is 9.40. The number of rotatable bonds is 6. The molecule has 0 aliphatic carbocycles. The van der Waals surface area contributed by atoms with Gasteiger partial charge < -0.3 is 5.32 Å². The molecule has 2 nitrogen and oxygen atoms in total. The van der Waals surface area contributed by atoms with Gasteiger partial charge in [-0.3, -0.25) is 4.79 Å². The molecule has 16 heavy (non-hydrogen) atoms. The van der Waals surface area contributed by atoms with Crippen molar-refractivity contribution in [1.82, 2.24) is 5.32 Å². The number of thiol groups is 1. The highest BCUT2D eigenvalue weighted by molar-refractivity contribution is 7.98. The van der Waals surface area contributed by atoms with Gasteiger partial charge in [-0.1, -0.05) is 6.07 Å². The molecule has 0 spiro atoms. The van der Waals surface area contributed by atoms with Crippen molar-refractivity contribution in [2.24, 2.45) is 0 Å². The van der Waals surface area contributed by atoms with Crippen LogP contribution in [-0.4, -0.2) is 24.5 Å². The van der Waals surface area contributed by atoms with Crippen LogP contribution in [0.2, 0.25) is 0 Å². The minimum absolute atomic E-state index is 0.0138. The summed E-state index contributed by atoms with van der Waals surface area (Å²) in [6, 6.07) is 7.28. The zero-order valence-corrected chi connectivity index (χ0v) is 11.1. The fraction of sp³-hybridized carbons (Fsp3) is 0.417. The monoisotopic (exact) mass is 255 g/mol. The molecule has 0 radical (unpaired) electrons. The quantitative estimate of drug-likeness (QED) is 0.604. The highest BCUT2D eigenvalue weighted by Gasteiger charge is 2.03. The lowest BCUT2D eigenvalue weighted by molar-refractivity contribution is 0.0953. The number of carbonyl (C=O) groups excluding carboxylic acids is 1. The Labute approximate surface area is 107 Å². The lowest BCUT2D eigenvalue weighted by Gasteiger charge is -2.05. The van der Waals surface area contributed by atoms with Gasteiger partial charge in [0.05, 0.1) is 0 Å². The maximum absolute atomic E-state index is 11.7. The van der Waals surface area contributed by atoms with E-state index >= 15 is 0 Å². The zero-order chi connectivity index (χ0) is 11.8. The van der Waals surface area contributed by atoms with Crippen molar-refractivity contribution in [2.45, 2.75) is 17.7 Å². The number of benzene rings is 1. The van der Waals surface area contributed by atoms with Crippen molar-refractivity contribution in [1.29, 1.82) is 0 Å². The molecule has 0 aromatic heterocycles. The second kappa shape index (κ2) is 7.63. The van der Waals surface area contributed by atoms with Crippen LogP contribution in [0.3, 0.4) is 0 Å². The van der Waals surface area contributed by atoms with E-state index in [0.717, 1.165) is 30.0 Å². The Bertz CT molecular complexity index is 342. The molecule has 4 heteroatoms. The first-order chi connectivity index (χ1) is 7.74. The summed E-state index contributed by atoms with van der Waals surface area (Å²) >= 11 is 6.04. The van der Waals surface area contributed by atoms with Gasteiger partial charge in [-0.05, 0) is 43.0 Å². The lowest BCUT2D eigenvalue weighted by atomic mass is 10.2. The molecule has 0 bridgehead atoms. The minimum atomic E-state index is -0.0138. The van der Waals surface area contributed by atoms with Gasteiger partial charge in [-0.25, -0.2) is 0 Å². The van der Waals surface area contributed by atoms with E-state index in [-0.39, 0.29) is 5.91 Å². The molecule has 0 heterocycles. The van der Waals surface area contributed by atoms with Crippen molar-refractivity contribution in [3.63, 3.8) is 0 Å². The van der Waals surface area contributed by atoms with E-state index in [2.05, 4.69) is 24.2 Å². The molecule has 0 aliphatic heterocycles. The number of hydrogen-bond donors (Lipinski definition) is 2. The van der Waals surface area contributed by atoms with Gasteiger partial charge >= 0.3 is 0 Å². The van der Waals surface area contributed by atoms with Gasteiger partial charge in [0.2, 0.25) is 0 Å². The minimum Gasteiger partial charge on any atom is -0.352 e. The average Bonchev–Trinajstić information content (AvgIpc) is 2.28. The Morgan fingerprint density at radius 2 is 2.25 bits per heavy atom. The van der Waals surface area contributed by atoms with Crippen molar-refractivity contribution >= 4 is 30.3 Å². The molecule has 0 saturated heterocycles. The van der Waals surface area contributed by atoms with Crippen LogP contribution in [0.1, 0.15) is 23.2 Å². The van der Waals surface area contributed by atoms with Crippen molar-refractivity contribution in [2.75, 3.05) is 18.6 Å². The summed E-state index contributed by atoms with van der Waals surface area (Å²) in [4.78, 5) is 12.5. The van der Waals surface area contributed by atoms with Gasteiger partial charge in [-0.15, -0.1) is 12.6 Å². The third-order valence-electron chi connectivity index (χ3n) is 2.17. The van der Waals surface area contributed by atoms with E-state index in [0.29, 0.717) is 5.56 Å². The molecule has 1 N–H and O–H groups in total. The number of hydrogen-bond acceptors (Lipinski definition) is 3. The van der Waals surface area contributed by atoms with Gasteiger partial charge in [0.1, 0.15) is 0 Å². The summed E-state index contributed by atoms with van der Waals surface area (Å²) in [5.74, 6) is 1.14. The largest absolute Gasteiger partial charge is 0.352 e. The lowest BCUT2D eigenvalue weighted by Crippen LogP contribution is -2.24. The summed E-state index contributed by atoms with van der Waals surface area (Å²) in [7, 11) is 0. The van der Waals surface area contributed by atoms with E-state index < -0.39 is 0 Å². The van der Waals surface area contributed by atoms with Crippen molar-refractivity contribution in [3.8, 4) is 0 Å². The number of unbranched alkanes of at least 4 members (excludes halogenated alkanes) is 1. The number of amides is 1. The predicted molar refractivity (Wildman–Crippen MR) is 73.6 cm³/mol. The van der Waals surface area contributed by atoms with Crippen LogP contribution in [0.25, 0.3) is 0 Å². The molecule has 1 rings (SSSR count). The summed E-state index contributed by atoms with van der Waals surface area (Å²) in [5.41, 5.74) is 0.678. The molecule has 0 atom stereocenters. The number of nitrogens with one attached hydrogen (secondary N) is 1. The number of carbonyl (C=O) groups is 1. The summed E-state index contributed by atoms with van der Waals surface area (Å²) in [5, 5.41) is 2.90. The molecule has 88 valence electrons. The molecule has 0 saturated carbocycles. The summed E-state index contributed by atoms with van der Waals surface area (Å²) in [6.45, 7) is 0.746. The highest BCUT2D eigenvalue weighted by atomic mass is 32.2. The van der Waals surface area contributed by atoms with Gasteiger partial charge in [0.15, 0.2) is 0 Å². The first-order valence-corrected chi connectivity index (χ1v) is 7.14. The molecule has 0 aliphatic rings. The van der Waals surface area contributed by atoms with E-state index in [1.807, 2.05) is 23.9 Å². The van der Waals surface area contributed by atoms with Gasteiger partial charge in [0.25, 0.3) is 5.91 Å². The van der Waals surface area contributed by atoms with Gasteiger partial charge in [-0.2, -0.15) is 11.8 Å². The Hall–Kier alpha value is -0.610. The van der Waals surface area contributed by atoms with Crippen LogP contribution in [0.4, 0.5) is 0 Å². The first-order valence-electron chi connectivity index (χ1n) is 5.30. The second-order valence-electron chi connectivity index (χ2n) is 3.51. The molecular formula is C12H17NOS2. The number of thioether (sulfide) groups is 1. The third kappa shape index (κ3) is 4.94. The standard InChI is InChI=1S/C12H17NOS2/c1-16-8-3-2-7-13-12(14)10-5-4-6-11(15)9-10/h4-6,9,15H,2-3,7-8H2,1H3,(H,13,14). The highest BCUT2D eigenvalue weighted by Crippen LogP contribution is 2.08. The maximum atomic E-state index is 11.7. The first kappa shape index (κ1) is 13.5. The SMILES string of the molecule is CSCCCCNC(=O)c1cccc(S)c1. The molecule has 0 fully saturated rings.